The fraction of sp³-hybridized carbons (Fsp3) is 0.304. The van der Waals surface area contributed by atoms with Gasteiger partial charge in [0.1, 0.15) is 5.75 Å². The first-order valence-corrected chi connectivity index (χ1v) is 9.38. The molecule has 1 heterocycles. The van der Waals surface area contributed by atoms with Gasteiger partial charge in [-0.2, -0.15) is 0 Å². The first kappa shape index (κ1) is 19.8. The summed E-state index contributed by atoms with van der Waals surface area (Å²) in [6.07, 6.45) is 5.25. The van der Waals surface area contributed by atoms with Crippen LogP contribution in [0, 0.1) is 0 Å². The average molecular weight is 379 g/mol. The van der Waals surface area contributed by atoms with Crippen molar-refractivity contribution in [3.8, 4) is 5.75 Å². The van der Waals surface area contributed by atoms with Crippen molar-refractivity contribution in [2.45, 2.75) is 18.9 Å². The zero-order chi connectivity index (χ0) is 19.9. The Balaban J connectivity index is 1.66. The summed E-state index contributed by atoms with van der Waals surface area (Å²) in [5, 5.41) is 0. The van der Waals surface area contributed by atoms with Crippen molar-refractivity contribution in [3.05, 3.63) is 71.3 Å². The SMILES string of the molecule is COC(=O)/C=C/c1ccc(C2CCCN2CC(=O)c2ccc(OC)cc2)cc1. The molecule has 0 bridgehead atoms. The van der Waals surface area contributed by atoms with Gasteiger partial charge in [0, 0.05) is 17.7 Å². The summed E-state index contributed by atoms with van der Waals surface area (Å²) in [4.78, 5) is 26.1. The topological polar surface area (TPSA) is 55.8 Å². The average Bonchev–Trinajstić information content (AvgIpc) is 3.20. The van der Waals surface area contributed by atoms with Crippen LogP contribution in [0.5, 0.6) is 5.75 Å². The molecule has 0 spiro atoms. The summed E-state index contributed by atoms with van der Waals surface area (Å²) in [6, 6.07) is 15.6. The summed E-state index contributed by atoms with van der Waals surface area (Å²) in [5.41, 5.74) is 2.83. The van der Waals surface area contributed by atoms with E-state index in [1.807, 2.05) is 36.4 Å². The van der Waals surface area contributed by atoms with Crippen LogP contribution in [0.2, 0.25) is 0 Å². The summed E-state index contributed by atoms with van der Waals surface area (Å²) in [6.45, 7) is 1.32. The first-order valence-electron chi connectivity index (χ1n) is 9.38. The molecule has 3 rings (SSSR count). The Bertz CT molecular complexity index is 840. The van der Waals surface area contributed by atoms with Crippen molar-refractivity contribution in [1.82, 2.24) is 4.90 Å². The summed E-state index contributed by atoms with van der Waals surface area (Å²) < 4.78 is 9.76. The van der Waals surface area contributed by atoms with E-state index in [2.05, 4.69) is 21.8 Å². The Kier molecular flexibility index (Phi) is 6.61. The largest absolute Gasteiger partial charge is 0.497 e. The van der Waals surface area contributed by atoms with Crippen LogP contribution in [0.25, 0.3) is 6.08 Å². The van der Waals surface area contributed by atoms with Gasteiger partial charge in [-0.15, -0.1) is 0 Å². The number of rotatable bonds is 7. The van der Waals surface area contributed by atoms with Gasteiger partial charge in [-0.05, 0) is 60.9 Å². The third kappa shape index (κ3) is 4.87. The predicted molar refractivity (Wildman–Crippen MR) is 108 cm³/mol. The second kappa shape index (κ2) is 9.33. The minimum Gasteiger partial charge on any atom is -0.497 e. The molecule has 2 aromatic rings. The Hall–Kier alpha value is -2.92. The van der Waals surface area contributed by atoms with Crippen molar-refractivity contribution < 1.29 is 19.1 Å². The fourth-order valence-electron chi connectivity index (χ4n) is 3.51. The van der Waals surface area contributed by atoms with Gasteiger partial charge in [-0.25, -0.2) is 4.79 Å². The number of ketones is 1. The second-order valence-corrected chi connectivity index (χ2v) is 6.80. The molecule has 5 heteroatoms. The van der Waals surface area contributed by atoms with Crippen molar-refractivity contribution in [2.24, 2.45) is 0 Å². The number of carbonyl (C=O) groups is 2. The summed E-state index contributed by atoms with van der Waals surface area (Å²) in [5.74, 6) is 0.493. The second-order valence-electron chi connectivity index (χ2n) is 6.80. The number of hydrogen-bond donors (Lipinski definition) is 0. The molecule has 0 saturated carbocycles. The van der Waals surface area contributed by atoms with Crippen LogP contribution in [0.3, 0.4) is 0 Å². The van der Waals surface area contributed by atoms with Crippen LogP contribution in [-0.2, 0) is 9.53 Å². The number of likely N-dealkylation sites (tertiary alicyclic amines) is 1. The molecule has 0 aromatic heterocycles. The molecule has 1 unspecified atom stereocenters. The highest BCUT2D eigenvalue weighted by Gasteiger charge is 2.27. The van der Waals surface area contributed by atoms with Crippen LogP contribution >= 0.6 is 0 Å². The van der Waals surface area contributed by atoms with E-state index in [9.17, 15) is 9.59 Å². The highest BCUT2D eigenvalue weighted by molar-refractivity contribution is 5.97. The quantitative estimate of drug-likeness (QED) is 0.415. The minimum atomic E-state index is -0.372. The molecule has 2 aromatic carbocycles. The number of methoxy groups -OCH3 is 2. The zero-order valence-electron chi connectivity index (χ0n) is 16.3. The molecular formula is C23H25NO4. The monoisotopic (exact) mass is 379 g/mol. The Labute approximate surface area is 165 Å². The minimum absolute atomic E-state index is 0.118. The number of nitrogens with zero attached hydrogens (tertiary/aromatic N) is 1. The van der Waals surface area contributed by atoms with Gasteiger partial charge in [-0.3, -0.25) is 9.69 Å². The van der Waals surface area contributed by atoms with Gasteiger partial charge in [-0.1, -0.05) is 24.3 Å². The molecule has 1 aliphatic heterocycles. The number of hydrogen-bond acceptors (Lipinski definition) is 5. The van der Waals surface area contributed by atoms with Crippen molar-refractivity contribution >= 4 is 17.8 Å². The maximum absolute atomic E-state index is 12.7. The molecule has 1 saturated heterocycles. The normalized spacial score (nSPS) is 17.0. The molecule has 1 fully saturated rings. The number of Topliss-reactive ketones (excluding diaryl/α,β-unsaturated/α-hetero) is 1. The Morgan fingerprint density at radius 3 is 2.43 bits per heavy atom. The van der Waals surface area contributed by atoms with E-state index in [-0.39, 0.29) is 17.8 Å². The van der Waals surface area contributed by atoms with Gasteiger partial charge in [0.15, 0.2) is 5.78 Å². The lowest BCUT2D eigenvalue weighted by Gasteiger charge is -2.24. The van der Waals surface area contributed by atoms with Gasteiger partial charge in [0.2, 0.25) is 0 Å². The lowest BCUT2D eigenvalue weighted by Crippen LogP contribution is -2.29. The summed E-state index contributed by atoms with van der Waals surface area (Å²) >= 11 is 0. The zero-order valence-corrected chi connectivity index (χ0v) is 16.3. The van der Waals surface area contributed by atoms with E-state index < -0.39 is 0 Å². The van der Waals surface area contributed by atoms with Crippen LogP contribution in [0.4, 0.5) is 0 Å². The molecule has 0 amide bonds. The van der Waals surface area contributed by atoms with Crippen LogP contribution < -0.4 is 4.74 Å². The smallest absolute Gasteiger partial charge is 0.330 e. The Morgan fingerprint density at radius 2 is 1.79 bits per heavy atom. The molecule has 146 valence electrons. The number of benzene rings is 2. The lowest BCUT2D eigenvalue weighted by molar-refractivity contribution is -0.134. The highest BCUT2D eigenvalue weighted by atomic mass is 16.5. The summed E-state index contributed by atoms with van der Waals surface area (Å²) in [7, 11) is 2.97. The van der Waals surface area contributed by atoms with E-state index in [0.717, 1.165) is 30.7 Å². The molecule has 1 atom stereocenters. The number of carbonyl (C=O) groups excluding carboxylic acids is 2. The lowest BCUT2D eigenvalue weighted by atomic mass is 10.0. The maximum atomic E-state index is 12.7. The van der Waals surface area contributed by atoms with Gasteiger partial charge < -0.3 is 9.47 Å². The van der Waals surface area contributed by atoms with Crippen molar-refractivity contribution in [1.29, 1.82) is 0 Å². The van der Waals surface area contributed by atoms with E-state index in [1.54, 1.807) is 13.2 Å². The van der Waals surface area contributed by atoms with E-state index in [4.69, 9.17) is 4.74 Å². The molecule has 28 heavy (non-hydrogen) atoms. The fourth-order valence-corrected chi connectivity index (χ4v) is 3.51. The van der Waals surface area contributed by atoms with Crippen LogP contribution in [-0.4, -0.2) is 44.0 Å². The third-order valence-corrected chi connectivity index (χ3v) is 5.06. The van der Waals surface area contributed by atoms with Crippen LogP contribution in [0.15, 0.2) is 54.6 Å². The van der Waals surface area contributed by atoms with Crippen molar-refractivity contribution in [3.63, 3.8) is 0 Å². The van der Waals surface area contributed by atoms with E-state index in [0.29, 0.717) is 12.1 Å². The molecular weight excluding hydrogens is 354 g/mol. The molecule has 5 nitrogen and oxygen atoms in total. The van der Waals surface area contributed by atoms with E-state index >= 15 is 0 Å². The maximum Gasteiger partial charge on any atom is 0.330 e. The van der Waals surface area contributed by atoms with Gasteiger partial charge in [0.05, 0.1) is 20.8 Å². The van der Waals surface area contributed by atoms with Crippen molar-refractivity contribution in [2.75, 3.05) is 27.3 Å². The number of ether oxygens (including phenoxy) is 2. The standard InChI is InChI=1S/C23H25NO4/c1-27-20-12-10-19(11-13-20)22(25)16-24-15-3-4-21(24)18-8-5-17(6-9-18)7-14-23(26)28-2/h5-14,21H,3-4,15-16H2,1-2H3/b14-7+. The Morgan fingerprint density at radius 1 is 1.07 bits per heavy atom. The number of esters is 1. The molecule has 0 aliphatic carbocycles. The molecule has 0 N–H and O–H groups in total. The molecule has 1 aliphatic rings. The van der Waals surface area contributed by atoms with Gasteiger partial charge >= 0.3 is 5.97 Å². The third-order valence-electron chi connectivity index (χ3n) is 5.06. The van der Waals surface area contributed by atoms with Crippen LogP contribution in [0.1, 0.15) is 40.4 Å². The van der Waals surface area contributed by atoms with E-state index in [1.165, 1.54) is 18.7 Å². The first-order chi connectivity index (χ1) is 13.6. The van der Waals surface area contributed by atoms with Gasteiger partial charge in [0.25, 0.3) is 0 Å². The highest BCUT2D eigenvalue weighted by Crippen LogP contribution is 2.32. The molecule has 0 radical (unpaired) electrons. The predicted octanol–water partition coefficient (Wildman–Crippen LogP) is 3.90.